The van der Waals surface area contributed by atoms with Gasteiger partial charge in [0, 0.05) is 11.4 Å². The highest BCUT2D eigenvalue weighted by atomic mass is 35.5. The zero-order chi connectivity index (χ0) is 10.6. The summed E-state index contributed by atoms with van der Waals surface area (Å²) in [5.74, 6) is 0.620. The van der Waals surface area contributed by atoms with E-state index in [0.717, 1.165) is 24.0 Å². The Kier molecular flexibility index (Phi) is 4.49. The molecule has 0 radical (unpaired) electrons. The van der Waals surface area contributed by atoms with Crippen molar-refractivity contribution in [3.63, 3.8) is 0 Å². The number of thiol groups is 1. The van der Waals surface area contributed by atoms with E-state index in [0.29, 0.717) is 11.4 Å². The van der Waals surface area contributed by atoms with Crippen molar-refractivity contribution in [3.8, 4) is 0 Å². The van der Waals surface area contributed by atoms with E-state index in [1.807, 2.05) is 25.1 Å². The van der Waals surface area contributed by atoms with Gasteiger partial charge >= 0.3 is 0 Å². The average molecular weight is 229 g/mol. The highest BCUT2D eigenvalue weighted by Crippen LogP contribution is 2.18. The van der Waals surface area contributed by atoms with Crippen LogP contribution in [-0.2, 0) is 6.42 Å². The summed E-state index contributed by atoms with van der Waals surface area (Å²) in [6, 6.07) is 5.69. The number of carbonyl (C=O) groups excluding carboxylic acids is 1. The summed E-state index contributed by atoms with van der Waals surface area (Å²) in [4.78, 5) is 11.2. The van der Waals surface area contributed by atoms with Crippen molar-refractivity contribution < 1.29 is 4.79 Å². The summed E-state index contributed by atoms with van der Waals surface area (Å²) in [6.45, 7) is 2.00. The van der Waals surface area contributed by atoms with Gasteiger partial charge in [-0.2, -0.15) is 0 Å². The smallest absolute Gasteiger partial charge is 0.216 e. The van der Waals surface area contributed by atoms with E-state index >= 15 is 0 Å². The standard InChI is InChI=1S/C11H13ClOS/c1-8-4-2-5-10(11(13)14)9(8)6-3-7-12/h2,4-5H,3,6-7H2,1H3,(H,13,14). The second-order valence-corrected chi connectivity index (χ2v) is 3.98. The molecule has 0 aliphatic heterocycles. The average Bonchev–Trinajstić information content (AvgIpc) is 2.15. The predicted molar refractivity (Wildman–Crippen MR) is 63.5 cm³/mol. The molecule has 3 heteroatoms. The first-order valence-corrected chi connectivity index (χ1v) is 5.52. The lowest BCUT2D eigenvalue weighted by molar-refractivity contribution is 0.109. The maximum atomic E-state index is 11.2. The maximum absolute atomic E-state index is 11.2. The Hall–Kier alpha value is -0.470. The number of rotatable bonds is 4. The molecule has 0 heterocycles. The fourth-order valence-electron chi connectivity index (χ4n) is 1.48. The van der Waals surface area contributed by atoms with Gasteiger partial charge in [-0.05, 0) is 30.9 Å². The van der Waals surface area contributed by atoms with Crippen molar-refractivity contribution in [3.05, 3.63) is 34.9 Å². The highest BCUT2D eigenvalue weighted by Gasteiger charge is 2.09. The van der Waals surface area contributed by atoms with Gasteiger partial charge in [-0.25, -0.2) is 0 Å². The lowest BCUT2D eigenvalue weighted by Crippen LogP contribution is -2.00. The summed E-state index contributed by atoms with van der Waals surface area (Å²) >= 11 is 9.49. The minimum atomic E-state index is -0.168. The summed E-state index contributed by atoms with van der Waals surface area (Å²) in [5, 5.41) is -0.168. The van der Waals surface area contributed by atoms with Gasteiger partial charge in [0.2, 0.25) is 5.12 Å². The number of halogens is 1. The van der Waals surface area contributed by atoms with Crippen molar-refractivity contribution in [1.82, 2.24) is 0 Å². The predicted octanol–water partition coefficient (Wildman–Crippen LogP) is 3.24. The molecule has 14 heavy (non-hydrogen) atoms. The van der Waals surface area contributed by atoms with Gasteiger partial charge < -0.3 is 0 Å². The van der Waals surface area contributed by atoms with Gasteiger partial charge in [0.15, 0.2) is 0 Å². The molecule has 0 spiro atoms. The normalized spacial score (nSPS) is 10.2. The Morgan fingerprint density at radius 1 is 1.50 bits per heavy atom. The van der Waals surface area contributed by atoms with Crippen molar-refractivity contribution in [1.29, 1.82) is 0 Å². The molecule has 0 atom stereocenters. The van der Waals surface area contributed by atoms with E-state index in [-0.39, 0.29) is 5.12 Å². The fourth-order valence-corrected chi connectivity index (χ4v) is 1.82. The molecule has 1 nitrogen and oxygen atoms in total. The van der Waals surface area contributed by atoms with E-state index in [9.17, 15) is 4.79 Å². The first-order chi connectivity index (χ1) is 6.66. The second kappa shape index (κ2) is 5.42. The number of hydrogen-bond donors (Lipinski definition) is 1. The zero-order valence-corrected chi connectivity index (χ0v) is 9.74. The number of aryl methyl sites for hydroxylation is 1. The van der Waals surface area contributed by atoms with Crippen LogP contribution in [0.4, 0.5) is 0 Å². The summed E-state index contributed by atoms with van der Waals surface area (Å²) < 4.78 is 0. The number of hydrogen-bond acceptors (Lipinski definition) is 1. The third-order valence-corrected chi connectivity index (χ3v) is 2.71. The molecule has 0 amide bonds. The molecule has 1 aromatic rings. The molecular formula is C11H13ClOS. The molecule has 0 saturated carbocycles. The van der Waals surface area contributed by atoms with Gasteiger partial charge in [0.1, 0.15) is 0 Å². The van der Waals surface area contributed by atoms with E-state index in [1.54, 1.807) is 0 Å². The molecule has 0 aliphatic carbocycles. The Balaban J connectivity index is 3.02. The van der Waals surface area contributed by atoms with Gasteiger partial charge in [-0.1, -0.05) is 18.2 Å². The van der Waals surface area contributed by atoms with Crippen LogP contribution in [-0.4, -0.2) is 11.0 Å². The first-order valence-electron chi connectivity index (χ1n) is 4.54. The largest absolute Gasteiger partial charge is 0.282 e. The van der Waals surface area contributed by atoms with Crippen LogP contribution in [0.25, 0.3) is 0 Å². The number of alkyl halides is 1. The van der Waals surface area contributed by atoms with Crippen LogP contribution in [0.2, 0.25) is 0 Å². The van der Waals surface area contributed by atoms with Crippen LogP contribution in [0.3, 0.4) is 0 Å². The Morgan fingerprint density at radius 3 is 2.79 bits per heavy atom. The summed E-state index contributed by atoms with van der Waals surface area (Å²) in [5.41, 5.74) is 2.92. The topological polar surface area (TPSA) is 17.1 Å². The molecule has 76 valence electrons. The van der Waals surface area contributed by atoms with Crippen molar-refractivity contribution in [2.75, 3.05) is 5.88 Å². The minimum absolute atomic E-state index is 0.168. The van der Waals surface area contributed by atoms with E-state index in [4.69, 9.17) is 11.6 Å². The van der Waals surface area contributed by atoms with E-state index < -0.39 is 0 Å². The summed E-state index contributed by atoms with van der Waals surface area (Å²) in [6.07, 6.45) is 1.73. The van der Waals surface area contributed by atoms with Crippen molar-refractivity contribution in [2.24, 2.45) is 0 Å². The first kappa shape index (κ1) is 11.6. The lowest BCUT2D eigenvalue weighted by Gasteiger charge is -2.08. The molecule has 0 aliphatic rings. The van der Waals surface area contributed by atoms with Crippen LogP contribution < -0.4 is 0 Å². The van der Waals surface area contributed by atoms with Crippen LogP contribution in [0.5, 0.6) is 0 Å². The van der Waals surface area contributed by atoms with Crippen molar-refractivity contribution >= 4 is 29.3 Å². The zero-order valence-electron chi connectivity index (χ0n) is 8.09. The third kappa shape index (κ3) is 2.76. The van der Waals surface area contributed by atoms with Crippen molar-refractivity contribution in [2.45, 2.75) is 19.8 Å². The molecule has 0 N–H and O–H groups in total. The lowest BCUT2D eigenvalue weighted by atomic mass is 9.99. The number of carbonyl (C=O) groups is 1. The van der Waals surface area contributed by atoms with Crippen LogP contribution in [0.15, 0.2) is 18.2 Å². The molecule has 1 aromatic carbocycles. The van der Waals surface area contributed by atoms with Gasteiger partial charge in [-0.3, -0.25) is 4.79 Å². The third-order valence-electron chi connectivity index (χ3n) is 2.20. The minimum Gasteiger partial charge on any atom is -0.282 e. The highest BCUT2D eigenvalue weighted by molar-refractivity contribution is 7.97. The SMILES string of the molecule is Cc1cccc(C(=O)S)c1CCCCl. The van der Waals surface area contributed by atoms with Crippen LogP contribution in [0, 0.1) is 6.92 Å². The van der Waals surface area contributed by atoms with Crippen LogP contribution in [0.1, 0.15) is 27.9 Å². The molecule has 1 rings (SSSR count). The molecule has 0 fully saturated rings. The van der Waals surface area contributed by atoms with Gasteiger partial charge in [0.05, 0.1) is 0 Å². The second-order valence-electron chi connectivity index (χ2n) is 3.20. The van der Waals surface area contributed by atoms with Gasteiger partial charge in [-0.15, -0.1) is 24.2 Å². The Morgan fingerprint density at radius 2 is 2.21 bits per heavy atom. The van der Waals surface area contributed by atoms with Gasteiger partial charge in [0.25, 0.3) is 0 Å². The maximum Gasteiger partial charge on any atom is 0.216 e. The molecule has 0 aromatic heterocycles. The fraction of sp³-hybridized carbons (Fsp3) is 0.364. The summed E-state index contributed by atoms with van der Waals surface area (Å²) in [7, 11) is 0. The Labute approximate surface area is 94.9 Å². The van der Waals surface area contributed by atoms with Crippen LogP contribution >= 0.6 is 24.2 Å². The molecule has 0 bridgehead atoms. The van der Waals surface area contributed by atoms with E-state index in [1.165, 1.54) is 0 Å². The molecule has 0 saturated heterocycles. The number of benzene rings is 1. The Bertz CT molecular complexity index is 336. The monoisotopic (exact) mass is 228 g/mol. The van der Waals surface area contributed by atoms with E-state index in [2.05, 4.69) is 12.6 Å². The molecule has 0 unspecified atom stereocenters. The molecular weight excluding hydrogens is 216 g/mol. The quantitative estimate of drug-likeness (QED) is 0.619.